The first kappa shape index (κ1) is 11.3. The minimum absolute atomic E-state index is 0.194. The molecular weight excluding hydrogens is 220 g/mol. The van der Waals surface area contributed by atoms with Crippen molar-refractivity contribution < 1.29 is 14.0 Å². The van der Waals surface area contributed by atoms with Crippen LogP contribution in [0.2, 0.25) is 0 Å². The van der Waals surface area contributed by atoms with Crippen LogP contribution in [0.4, 0.5) is 0 Å². The Morgan fingerprint density at radius 2 is 2.18 bits per heavy atom. The zero-order chi connectivity index (χ0) is 12.4. The summed E-state index contributed by atoms with van der Waals surface area (Å²) in [7, 11) is 1.73. The monoisotopic (exact) mass is 232 g/mol. The lowest BCUT2D eigenvalue weighted by atomic mass is 10.1. The number of furan rings is 1. The maximum absolute atomic E-state index is 11.9. The average molecular weight is 232 g/mol. The van der Waals surface area contributed by atoms with Gasteiger partial charge in [-0.15, -0.1) is 0 Å². The van der Waals surface area contributed by atoms with Crippen molar-refractivity contribution >= 4 is 11.6 Å². The number of nitrogens with zero attached hydrogens (tertiary/aromatic N) is 2. The van der Waals surface area contributed by atoms with Crippen LogP contribution in [0.15, 0.2) is 29.0 Å². The minimum Gasteiger partial charge on any atom is -0.461 e. The van der Waals surface area contributed by atoms with E-state index in [-0.39, 0.29) is 23.7 Å². The summed E-state index contributed by atoms with van der Waals surface area (Å²) in [5.74, 6) is -0.347. The second-order valence-electron chi connectivity index (χ2n) is 3.80. The third-order valence-corrected chi connectivity index (χ3v) is 2.43. The van der Waals surface area contributed by atoms with E-state index in [0.29, 0.717) is 11.3 Å². The van der Waals surface area contributed by atoms with Crippen LogP contribution in [0, 0.1) is 6.92 Å². The summed E-state index contributed by atoms with van der Waals surface area (Å²) in [4.78, 5) is 23.5. The summed E-state index contributed by atoms with van der Waals surface area (Å²) >= 11 is 0. The Bertz CT molecular complexity index is 552. The summed E-state index contributed by atoms with van der Waals surface area (Å²) in [6.45, 7) is 1.74. The van der Waals surface area contributed by atoms with Crippen LogP contribution in [0.1, 0.15) is 33.0 Å². The zero-order valence-corrected chi connectivity index (χ0v) is 9.64. The molecule has 0 fully saturated rings. The quantitative estimate of drug-likeness (QED) is 0.595. The normalized spacial score (nSPS) is 10.5. The number of hydrogen-bond acceptors (Lipinski definition) is 4. The fourth-order valence-corrected chi connectivity index (χ4v) is 1.64. The third-order valence-electron chi connectivity index (χ3n) is 2.43. The minimum atomic E-state index is -0.316. The van der Waals surface area contributed by atoms with Gasteiger partial charge in [0, 0.05) is 13.2 Å². The first-order valence-electron chi connectivity index (χ1n) is 5.18. The van der Waals surface area contributed by atoms with E-state index in [9.17, 15) is 9.59 Å². The number of carbonyl (C=O) groups excluding carboxylic acids is 2. The molecule has 0 aliphatic rings. The molecule has 88 valence electrons. The highest BCUT2D eigenvalue weighted by Gasteiger charge is 2.18. The van der Waals surface area contributed by atoms with E-state index in [1.54, 1.807) is 37.0 Å². The molecule has 2 heterocycles. The van der Waals surface area contributed by atoms with Gasteiger partial charge in [0.2, 0.25) is 5.78 Å². The molecule has 0 unspecified atom stereocenters. The Morgan fingerprint density at radius 3 is 2.71 bits per heavy atom. The molecule has 0 atom stereocenters. The number of carbonyl (C=O) groups is 2. The van der Waals surface area contributed by atoms with Crippen LogP contribution in [0.3, 0.4) is 0 Å². The van der Waals surface area contributed by atoms with E-state index in [1.807, 2.05) is 0 Å². The maximum Gasteiger partial charge on any atom is 0.205 e. The molecular formula is C12H12N2O3. The van der Waals surface area contributed by atoms with Crippen molar-refractivity contribution in [2.75, 3.05) is 0 Å². The number of ketones is 2. The molecule has 5 nitrogen and oxygen atoms in total. The Hall–Kier alpha value is -2.17. The van der Waals surface area contributed by atoms with Gasteiger partial charge in [0.05, 0.1) is 23.9 Å². The standard InChI is InChI=1S/C12H12N2O3/c1-8-9(7-14(2)13-8)10(15)6-11(16)12-4-3-5-17-12/h3-5,7H,6H2,1-2H3. The molecule has 17 heavy (non-hydrogen) atoms. The number of Topliss-reactive ketones (excluding diaryl/α,β-unsaturated/α-hetero) is 2. The smallest absolute Gasteiger partial charge is 0.205 e. The molecule has 0 N–H and O–H groups in total. The van der Waals surface area contributed by atoms with Crippen molar-refractivity contribution in [2.45, 2.75) is 13.3 Å². The molecule has 0 spiro atoms. The van der Waals surface area contributed by atoms with Crippen molar-refractivity contribution in [2.24, 2.45) is 7.05 Å². The molecule has 0 aromatic carbocycles. The largest absolute Gasteiger partial charge is 0.461 e. The first-order chi connectivity index (χ1) is 8.08. The van der Waals surface area contributed by atoms with Gasteiger partial charge in [-0.2, -0.15) is 5.10 Å². The van der Waals surface area contributed by atoms with Gasteiger partial charge in [-0.3, -0.25) is 14.3 Å². The molecule has 2 rings (SSSR count). The highest BCUT2D eigenvalue weighted by atomic mass is 16.3. The van der Waals surface area contributed by atoms with Gasteiger partial charge in [-0.1, -0.05) is 0 Å². The Morgan fingerprint density at radius 1 is 1.41 bits per heavy atom. The number of aromatic nitrogens is 2. The van der Waals surface area contributed by atoms with Gasteiger partial charge < -0.3 is 4.42 Å². The highest BCUT2D eigenvalue weighted by Crippen LogP contribution is 2.11. The van der Waals surface area contributed by atoms with Gasteiger partial charge in [0.25, 0.3) is 0 Å². The van der Waals surface area contributed by atoms with Crippen molar-refractivity contribution in [3.05, 3.63) is 41.6 Å². The van der Waals surface area contributed by atoms with Crippen LogP contribution in [-0.2, 0) is 7.05 Å². The van der Waals surface area contributed by atoms with E-state index in [0.717, 1.165) is 0 Å². The lowest BCUT2D eigenvalue weighted by Gasteiger charge is -1.96. The lowest BCUT2D eigenvalue weighted by Crippen LogP contribution is -2.08. The van der Waals surface area contributed by atoms with Gasteiger partial charge in [-0.05, 0) is 19.1 Å². The maximum atomic E-state index is 11.9. The van der Waals surface area contributed by atoms with Crippen LogP contribution in [0.5, 0.6) is 0 Å². The van der Waals surface area contributed by atoms with Crippen molar-refractivity contribution in [3.63, 3.8) is 0 Å². The van der Waals surface area contributed by atoms with E-state index in [1.165, 1.54) is 6.26 Å². The third kappa shape index (κ3) is 2.33. The predicted molar refractivity (Wildman–Crippen MR) is 59.9 cm³/mol. The molecule has 0 bridgehead atoms. The van der Waals surface area contributed by atoms with E-state index in [2.05, 4.69) is 5.10 Å². The second kappa shape index (κ2) is 4.37. The molecule has 2 aromatic heterocycles. The fourth-order valence-electron chi connectivity index (χ4n) is 1.64. The number of aryl methyl sites for hydroxylation is 2. The summed E-state index contributed by atoms with van der Waals surface area (Å²) in [5, 5.41) is 4.06. The highest BCUT2D eigenvalue weighted by molar-refractivity contribution is 6.12. The summed E-state index contributed by atoms with van der Waals surface area (Å²) in [6.07, 6.45) is 2.83. The summed E-state index contributed by atoms with van der Waals surface area (Å²) < 4.78 is 6.50. The molecule has 0 aliphatic carbocycles. The summed E-state index contributed by atoms with van der Waals surface area (Å²) in [5.41, 5.74) is 1.11. The van der Waals surface area contributed by atoms with Gasteiger partial charge in [-0.25, -0.2) is 0 Å². The molecule has 0 aliphatic heterocycles. The van der Waals surface area contributed by atoms with Gasteiger partial charge in [0.15, 0.2) is 11.5 Å². The van der Waals surface area contributed by atoms with Crippen LogP contribution in [-0.4, -0.2) is 21.3 Å². The average Bonchev–Trinajstić information content (AvgIpc) is 2.87. The van der Waals surface area contributed by atoms with Crippen molar-refractivity contribution in [1.29, 1.82) is 0 Å². The predicted octanol–water partition coefficient (Wildman–Crippen LogP) is 1.78. The molecule has 5 heteroatoms. The molecule has 2 aromatic rings. The van der Waals surface area contributed by atoms with Crippen LogP contribution < -0.4 is 0 Å². The fraction of sp³-hybridized carbons (Fsp3) is 0.250. The van der Waals surface area contributed by atoms with E-state index >= 15 is 0 Å². The topological polar surface area (TPSA) is 65.1 Å². The van der Waals surface area contributed by atoms with Gasteiger partial charge >= 0.3 is 0 Å². The second-order valence-corrected chi connectivity index (χ2v) is 3.80. The lowest BCUT2D eigenvalue weighted by molar-refractivity contribution is 0.0878. The Labute approximate surface area is 98.0 Å². The molecule has 0 amide bonds. The van der Waals surface area contributed by atoms with E-state index < -0.39 is 0 Å². The van der Waals surface area contributed by atoms with E-state index in [4.69, 9.17) is 4.42 Å². The Balaban J connectivity index is 2.12. The van der Waals surface area contributed by atoms with Crippen LogP contribution >= 0.6 is 0 Å². The zero-order valence-electron chi connectivity index (χ0n) is 9.64. The number of hydrogen-bond donors (Lipinski definition) is 0. The number of rotatable bonds is 4. The Kier molecular flexibility index (Phi) is 2.91. The van der Waals surface area contributed by atoms with Crippen molar-refractivity contribution in [3.8, 4) is 0 Å². The molecule has 0 saturated heterocycles. The van der Waals surface area contributed by atoms with Gasteiger partial charge in [0.1, 0.15) is 0 Å². The van der Waals surface area contributed by atoms with Crippen LogP contribution in [0.25, 0.3) is 0 Å². The SMILES string of the molecule is Cc1nn(C)cc1C(=O)CC(=O)c1ccco1. The molecule has 0 saturated carbocycles. The first-order valence-corrected chi connectivity index (χ1v) is 5.18. The summed E-state index contributed by atoms with van der Waals surface area (Å²) in [6, 6.07) is 3.17. The van der Waals surface area contributed by atoms with Crippen molar-refractivity contribution in [1.82, 2.24) is 9.78 Å². The molecule has 0 radical (unpaired) electrons.